The zero-order chi connectivity index (χ0) is 17.9. The Kier molecular flexibility index (Phi) is 4.44. The Balaban J connectivity index is 1.49. The molecule has 2 aromatic carbocycles. The Morgan fingerprint density at radius 1 is 1.19 bits per heavy atom. The molecule has 0 fully saturated rings. The first-order valence-corrected chi connectivity index (χ1v) is 8.88. The van der Waals surface area contributed by atoms with Crippen LogP contribution < -0.4 is 10.6 Å². The molecule has 0 aliphatic carbocycles. The van der Waals surface area contributed by atoms with Crippen LogP contribution in [-0.4, -0.2) is 28.3 Å². The van der Waals surface area contributed by atoms with Crippen molar-refractivity contribution in [2.75, 3.05) is 11.9 Å². The first-order chi connectivity index (χ1) is 12.7. The van der Waals surface area contributed by atoms with Gasteiger partial charge in [-0.25, -0.2) is 0 Å². The number of hydrogen-bond donors (Lipinski definition) is 2. The summed E-state index contributed by atoms with van der Waals surface area (Å²) >= 11 is 0. The summed E-state index contributed by atoms with van der Waals surface area (Å²) in [5.74, 6) is -0.0600. The monoisotopic (exact) mass is 346 g/mol. The Hall–Kier alpha value is -3.08. The fourth-order valence-electron chi connectivity index (χ4n) is 3.46. The normalized spacial score (nSPS) is 15.8. The lowest BCUT2D eigenvalue weighted by atomic mass is 9.99. The summed E-state index contributed by atoms with van der Waals surface area (Å²) in [6.07, 6.45) is 3.19. The van der Waals surface area contributed by atoms with E-state index in [0.29, 0.717) is 12.0 Å². The van der Waals surface area contributed by atoms with Crippen LogP contribution in [0.1, 0.15) is 27.2 Å². The lowest BCUT2D eigenvalue weighted by Crippen LogP contribution is -2.43. The van der Waals surface area contributed by atoms with E-state index in [1.807, 2.05) is 37.4 Å². The second-order valence-electron chi connectivity index (χ2n) is 6.70. The van der Waals surface area contributed by atoms with E-state index in [1.54, 1.807) is 10.9 Å². The molecule has 0 spiro atoms. The third-order valence-electron chi connectivity index (χ3n) is 4.88. The SMILES string of the molecule is Cn1ncc(C(=O)NC2CNc3ccccc3C2)c1Cc1ccccc1. The Morgan fingerprint density at radius 3 is 2.81 bits per heavy atom. The van der Waals surface area contributed by atoms with E-state index >= 15 is 0 Å². The highest BCUT2D eigenvalue weighted by atomic mass is 16.1. The van der Waals surface area contributed by atoms with E-state index in [9.17, 15) is 4.79 Å². The summed E-state index contributed by atoms with van der Waals surface area (Å²) in [6.45, 7) is 0.733. The molecule has 1 unspecified atom stereocenters. The number of nitrogens with zero attached hydrogens (tertiary/aromatic N) is 2. The number of para-hydroxylation sites is 1. The summed E-state index contributed by atoms with van der Waals surface area (Å²) in [5, 5.41) is 10.9. The molecule has 132 valence electrons. The van der Waals surface area contributed by atoms with E-state index in [4.69, 9.17) is 0 Å². The molecule has 2 heterocycles. The van der Waals surface area contributed by atoms with Gasteiger partial charge in [-0.05, 0) is 23.6 Å². The van der Waals surface area contributed by atoms with Gasteiger partial charge in [0.1, 0.15) is 0 Å². The molecule has 3 aromatic rings. The average Bonchev–Trinajstić information content (AvgIpc) is 3.03. The predicted octanol–water partition coefficient (Wildman–Crippen LogP) is 2.78. The van der Waals surface area contributed by atoms with Crippen molar-refractivity contribution >= 4 is 11.6 Å². The Bertz CT molecular complexity index is 917. The van der Waals surface area contributed by atoms with Crippen LogP contribution >= 0.6 is 0 Å². The molecular formula is C21H22N4O. The van der Waals surface area contributed by atoms with Crippen molar-refractivity contribution in [1.29, 1.82) is 0 Å². The van der Waals surface area contributed by atoms with Gasteiger partial charge < -0.3 is 10.6 Å². The predicted molar refractivity (Wildman–Crippen MR) is 102 cm³/mol. The number of aryl methyl sites for hydroxylation is 1. The number of hydrogen-bond acceptors (Lipinski definition) is 3. The van der Waals surface area contributed by atoms with E-state index in [0.717, 1.165) is 24.3 Å². The van der Waals surface area contributed by atoms with Gasteiger partial charge in [0.25, 0.3) is 5.91 Å². The molecule has 1 aromatic heterocycles. The average molecular weight is 346 g/mol. The molecule has 0 radical (unpaired) electrons. The van der Waals surface area contributed by atoms with Crippen LogP contribution in [0, 0.1) is 0 Å². The summed E-state index contributed by atoms with van der Waals surface area (Å²) in [4.78, 5) is 12.9. The fraction of sp³-hybridized carbons (Fsp3) is 0.238. The molecule has 1 amide bonds. The topological polar surface area (TPSA) is 59.0 Å². The molecule has 26 heavy (non-hydrogen) atoms. The molecule has 0 saturated heterocycles. The van der Waals surface area contributed by atoms with Crippen molar-refractivity contribution < 1.29 is 4.79 Å². The number of carbonyl (C=O) groups is 1. The molecule has 1 aliphatic heterocycles. The zero-order valence-corrected chi connectivity index (χ0v) is 14.8. The van der Waals surface area contributed by atoms with Crippen LogP contribution in [0.2, 0.25) is 0 Å². The molecule has 1 atom stereocenters. The highest BCUT2D eigenvalue weighted by Gasteiger charge is 2.23. The number of fused-ring (bicyclic) bond motifs is 1. The number of carbonyl (C=O) groups excluding carboxylic acids is 1. The van der Waals surface area contributed by atoms with Crippen molar-refractivity contribution in [1.82, 2.24) is 15.1 Å². The number of rotatable bonds is 4. The third kappa shape index (κ3) is 3.33. The highest BCUT2D eigenvalue weighted by molar-refractivity contribution is 5.95. The smallest absolute Gasteiger partial charge is 0.255 e. The van der Waals surface area contributed by atoms with Crippen LogP contribution in [-0.2, 0) is 19.9 Å². The van der Waals surface area contributed by atoms with E-state index in [2.05, 4.69) is 40.0 Å². The van der Waals surface area contributed by atoms with Gasteiger partial charge >= 0.3 is 0 Å². The Labute approximate surface area is 153 Å². The second kappa shape index (κ2) is 7.04. The minimum absolute atomic E-state index is 0.0600. The number of amides is 1. The van der Waals surface area contributed by atoms with Gasteiger partial charge in [0.2, 0.25) is 0 Å². The lowest BCUT2D eigenvalue weighted by molar-refractivity contribution is 0.0937. The maximum absolute atomic E-state index is 12.9. The molecule has 0 saturated carbocycles. The quantitative estimate of drug-likeness (QED) is 0.764. The fourth-order valence-corrected chi connectivity index (χ4v) is 3.46. The van der Waals surface area contributed by atoms with E-state index in [1.165, 1.54) is 11.1 Å². The third-order valence-corrected chi connectivity index (χ3v) is 4.88. The molecule has 2 N–H and O–H groups in total. The first kappa shape index (κ1) is 16.4. The minimum Gasteiger partial charge on any atom is -0.383 e. The van der Waals surface area contributed by atoms with Crippen LogP contribution in [0.3, 0.4) is 0 Å². The molecule has 1 aliphatic rings. The zero-order valence-electron chi connectivity index (χ0n) is 14.8. The Morgan fingerprint density at radius 2 is 1.96 bits per heavy atom. The number of benzene rings is 2. The number of anilines is 1. The van der Waals surface area contributed by atoms with Gasteiger partial charge in [-0.15, -0.1) is 0 Å². The summed E-state index contributed by atoms with van der Waals surface area (Å²) < 4.78 is 1.79. The highest BCUT2D eigenvalue weighted by Crippen LogP contribution is 2.21. The number of nitrogens with one attached hydrogen (secondary N) is 2. The van der Waals surface area contributed by atoms with Gasteiger partial charge in [-0.3, -0.25) is 9.48 Å². The van der Waals surface area contributed by atoms with Crippen molar-refractivity contribution in [3.05, 3.63) is 83.2 Å². The van der Waals surface area contributed by atoms with Gasteiger partial charge in [0.05, 0.1) is 23.5 Å². The summed E-state index contributed by atoms with van der Waals surface area (Å²) in [6, 6.07) is 18.5. The first-order valence-electron chi connectivity index (χ1n) is 8.88. The maximum Gasteiger partial charge on any atom is 0.255 e. The minimum atomic E-state index is -0.0600. The van der Waals surface area contributed by atoms with Crippen LogP contribution in [0.4, 0.5) is 5.69 Å². The van der Waals surface area contributed by atoms with Gasteiger partial charge in [-0.2, -0.15) is 5.10 Å². The van der Waals surface area contributed by atoms with Gasteiger partial charge in [-0.1, -0.05) is 48.5 Å². The molecule has 4 rings (SSSR count). The lowest BCUT2D eigenvalue weighted by Gasteiger charge is -2.26. The maximum atomic E-state index is 12.9. The molecule has 5 nitrogen and oxygen atoms in total. The number of aromatic nitrogens is 2. The van der Waals surface area contributed by atoms with Crippen molar-refractivity contribution in [2.45, 2.75) is 18.9 Å². The summed E-state index contributed by atoms with van der Waals surface area (Å²) in [5.41, 5.74) is 5.13. The van der Waals surface area contributed by atoms with Crippen molar-refractivity contribution in [2.24, 2.45) is 7.05 Å². The molecular weight excluding hydrogens is 324 g/mol. The largest absolute Gasteiger partial charge is 0.383 e. The molecule has 0 bridgehead atoms. The van der Waals surface area contributed by atoms with Gasteiger partial charge in [0.15, 0.2) is 0 Å². The van der Waals surface area contributed by atoms with Crippen LogP contribution in [0.25, 0.3) is 0 Å². The standard InChI is InChI=1S/C21H22N4O/c1-25-20(11-15-7-3-2-4-8-15)18(14-23-25)21(26)24-17-12-16-9-5-6-10-19(16)22-13-17/h2-10,14,17,22H,11-13H2,1H3,(H,24,26). The van der Waals surface area contributed by atoms with Gasteiger partial charge in [0, 0.05) is 25.7 Å². The molecule has 5 heteroatoms. The summed E-state index contributed by atoms with van der Waals surface area (Å²) in [7, 11) is 1.88. The van der Waals surface area contributed by atoms with E-state index in [-0.39, 0.29) is 11.9 Å². The van der Waals surface area contributed by atoms with Crippen LogP contribution in [0.5, 0.6) is 0 Å². The van der Waals surface area contributed by atoms with Crippen molar-refractivity contribution in [3.8, 4) is 0 Å². The van der Waals surface area contributed by atoms with Crippen LogP contribution in [0.15, 0.2) is 60.8 Å². The van der Waals surface area contributed by atoms with Crippen molar-refractivity contribution in [3.63, 3.8) is 0 Å². The second-order valence-corrected chi connectivity index (χ2v) is 6.70. The van der Waals surface area contributed by atoms with E-state index < -0.39 is 0 Å².